The number of hydrazine groups is 1. The number of fused-ring (bicyclic) bond motifs is 1. The number of hydrogen-bond acceptors (Lipinski definition) is 5. The van der Waals surface area contributed by atoms with E-state index in [-0.39, 0.29) is 11.4 Å². The molecule has 2 aromatic carbocycles. The Morgan fingerprint density at radius 3 is 2.64 bits per heavy atom. The monoisotopic (exact) mass is 445 g/mol. The lowest BCUT2D eigenvalue weighted by Gasteiger charge is -2.46. The highest BCUT2D eigenvalue weighted by atomic mass is 19.1. The third-order valence-electron chi connectivity index (χ3n) is 6.54. The van der Waals surface area contributed by atoms with Crippen LogP contribution in [0.4, 0.5) is 4.39 Å². The van der Waals surface area contributed by atoms with Gasteiger partial charge in [-0.3, -0.25) is 10.0 Å². The van der Waals surface area contributed by atoms with E-state index in [1.54, 1.807) is 13.4 Å². The van der Waals surface area contributed by atoms with Crippen molar-refractivity contribution in [3.63, 3.8) is 0 Å². The second kappa shape index (κ2) is 8.15. The highest BCUT2D eigenvalue weighted by Gasteiger charge is 2.45. The molecule has 0 N–H and O–H groups in total. The predicted octanol–water partition coefficient (Wildman–Crippen LogP) is 4.59. The maximum atomic E-state index is 13.5. The molecule has 0 bridgehead atoms. The Morgan fingerprint density at radius 1 is 1.15 bits per heavy atom. The van der Waals surface area contributed by atoms with E-state index in [2.05, 4.69) is 53.2 Å². The van der Waals surface area contributed by atoms with E-state index >= 15 is 0 Å². The molecule has 0 amide bonds. The van der Waals surface area contributed by atoms with Crippen molar-refractivity contribution >= 4 is 11.9 Å². The molecule has 2 aliphatic rings. The van der Waals surface area contributed by atoms with Crippen LogP contribution in [-0.4, -0.2) is 52.7 Å². The number of aliphatic imine (C=N–C) groups is 1. The van der Waals surface area contributed by atoms with Crippen molar-refractivity contribution in [2.75, 3.05) is 27.2 Å². The van der Waals surface area contributed by atoms with E-state index in [1.165, 1.54) is 17.7 Å². The first-order valence-corrected chi connectivity index (χ1v) is 11.1. The Labute approximate surface area is 193 Å². The topological polar surface area (TPSA) is 45.9 Å². The number of hydrogen-bond donors (Lipinski definition) is 0. The number of halogens is 1. The van der Waals surface area contributed by atoms with Crippen LogP contribution in [0.3, 0.4) is 0 Å². The minimum atomic E-state index is -0.349. The normalized spacial score (nSPS) is 21.9. The van der Waals surface area contributed by atoms with Crippen LogP contribution in [0.5, 0.6) is 5.75 Å². The summed E-state index contributed by atoms with van der Waals surface area (Å²) in [5.74, 6) is 1.54. The van der Waals surface area contributed by atoms with Gasteiger partial charge in [0, 0.05) is 19.8 Å². The average Bonchev–Trinajstić information content (AvgIpc) is 3.40. The van der Waals surface area contributed by atoms with Crippen LogP contribution in [0.1, 0.15) is 30.2 Å². The van der Waals surface area contributed by atoms with E-state index < -0.39 is 0 Å². The van der Waals surface area contributed by atoms with Gasteiger partial charge in [0.05, 0.1) is 36.9 Å². The third-order valence-corrected chi connectivity index (χ3v) is 6.54. The number of nitrogens with zero attached hydrogens (tertiary/aromatic N) is 5. The van der Waals surface area contributed by atoms with Crippen LogP contribution in [0, 0.1) is 12.7 Å². The fourth-order valence-corrected chi connectivity index (χ4v) is 4.78. The Bertz CT molecular complexity index is 1250. The van der Waals surface area contributed by atoms with Crippen LogP contribution in [0.2, 0.25) is 0 Å². The van der Waals surface area contributed by atoms with Crippen molar-refractivity contribution in [3.05, 3.63) is 83.2 Å². The minimum absolute atomic E-state index is 0.225. The molecule has 1 fully saturated rings. The zero-order chi connectivity index (χ0) is 23.2. The SMILES string of the molecule is COc1cc(/C=C2\CCN(C)N3C2=NCC3(C)c2ccc(F)cc2)ccc1-n1cnc(C)c1. The molecule has 1 saturated heterocycles. The number of benzene rings is 2. The summed E-state index contributed by atoms with van der Waals surface area (Å²) in [6.07, 6.45) is 6.87. The maximum Gasteiger partial charge on any atom is 0.143 e. The fraction of sp³-hybridized carbons (Fsp3) is 0.308. The Hall–Kier alpha value is -3.45. The van der Waals surface area contributed by atoms with Crippen molar-refractivity contribution in [1.82, 2.24) is 19.6 Å². The summed E-state index contributed by atoms with van der Waals surface area (Å²) in [6, 6.07) is 13.0. The summed E-state index contributed by atoms with van der Waals surface area (Å²) in [5, 5.41) is 4.48. The zero-order valence-electron chi connectivity index (χ0n) is 19.4. The van der Waals surface area contributed by atoms with Crippen molar-refractivity contribution < 1.29 is 9.13 Å². The smallest absolute Gasteiger partial charge is 0.143 e. The summed E-state index contributed by atoms with van der Waals surface area (Å²) >= 11 is 0. The Kier molecular flexibility index (Phi) is 5.29. The largest absolute Gasteiger partial charge is 0.495 e. The summed E-state index contributed by atoms with van der Waals surface area (Å²) in [5.41, 5.74) is 4.86. The van der Waals surface area contributed by atoms with Gasteiger partial charge in [0.25, 0.3) is 0 Å². The number of aryl methyl sites for hydroxylation is 1. The number of aromatic nitrogens is 2. The molecule has 2 aliphatic heterocycles. The van der Waals surface area contributed by atoms with Crippen LogP contribution < -0.4 is 4.74 Å². The molecule has 33 heavy (non-hydrogen) atoms. The predicted molar refractivity (Wildman–Crippen MR) is 128 cm³/mol. The molecular weight excluding hydrogens is 417 g/mol. The summed E-state index contributed by atoms with van der Waals surface area (Å²) in [4.78, 5) is 9.26. The van der Waals surface area contributed by atoms with Crippen molar-refractivity contribution in [3.8, 4) is 11.4 Å². The number of amidine groups is 1. The number of ether oxygens (including phenoxy) is 1. The molecule has 3 aromatic rings. The molecule has 5 rings (SSSR count). The lowest BCUT2D eigenvalue weighted by atomic mass is 9.91. The van der Waals surface area contributed by atoms with Gasteiger partial charge in [-0.15, -0.1) is 0 Å². The van der Waals surface area contributed by atoms with Crippen molar-refractivity contribution in [2.24, 2.45) is 4.99 Å². The quantitative estimate of drug-likeness (QED) is 0.589. The van der Waals surface area contributed by atoms with Gasteiger partial charge in [0.2, 0.25) is 0 Å². The van der Waals surface area contributed by atoms with Gasteiger partial charge in [-0.05, 0) is 67.3 Å². The molecule has 0 radical (unpaired) electrons. The number of methoxy groups -OCH3 is 1. The lowest BCUT2D eigenvalue weighted by molar-refractivity contribution is -0.0108. The molecule has 0 aliphatic carbocycles. The van der Waals surface area contributed by atoms with Gasteiger partial charge in [-0.2, -0.15) is 0 Å². The molecule has 1 aromatic heterocycles. The fourth-order valence-electron chi connectivity index (χ4n) is 4.78. The van der Waals surface area contributed by atoms with E-state index in [4.69, 9.17) is 9.73 Å². The van der Waals surface area contributed by atoms with Gasteiger partial charge in [0.15, 0.2) is 0 Å². The average molecular weight is 446 g/mol. The van der Waals surface area contributed by atoms with Gasteiger partial charge in [-0.1, -0.05) is 18.2 Å². The minimum Gasteiger partial charge on any atom is -0.495 e. The van der Waals surface area contributed by atoms with Gasteiger partial charge in [-0.25, -0.2) is 14.4 Å². The first-order valence-electron chi connectivity index (χ1n) is 11.1. The van der Waals surface area contributed by atoms with Crippen LogP contribution >= 0.6 is 0 Å². The third kappa shape index (κ3) is 3.72. The maximum absolute atomic E-state index is 13.5. The standard InChI is InChI=1S/C26H28FN5O/c1-18-15-31(17-29-18)23-10-5-19(14-24(23)33-4)13-20-11-12-30(3)32-25(20)28-16-26(32,2)21-6-8-22(27)9-7-21/h5-10,13-15,17H,11-12,16H2,1-4H3/b20-13+. The summed E-state index contributed by atoms with van der Waals surface area (Å²) < 4.78 is 21.2. The van der Waals surface area contributed by atoms with Gasteiger partial charge >= 0.3 is 0 Å². The number of imidazole rings is 1. The number of rotatable bonds is 4. The molecule has 1 unspecified atom stereocenters. The highest BCUT2D eigenvalue weighted by Crippen LogP contribution is 2.39. The molecule has 3 heterocycles. The molecule has 1 atom stereocenters. The molecule has 7 heteroatoms. The van der Waals surface area contributed by atoms with Crippen molar-refractivity contribution in [1.29, 1.82) is 0 Å². The van der Waals surface area contributed by atoms with E-state index in [0.29, 0.717) is 6.54 Å². The second-order valence-electron chi connectivity index (χ2n) is 8.89. The van der Waals surface area contributed by atoms with Gasteiger partial charge < -0.3 is 9.30 Å². The molecule has 0 spiro atoms. The summed E-state index contributed by atoms with van der Waals surface area (Å²) in [7, 11) is 3.77. The van der Waals surface area contributed by atoms with E-state index in [0.717, 1.165) is 47.1 Å². The first kappa shape index (κ1) is 21.4. The van der Waals surface area contributed by atoms with E-state index in [9.17, 15) is 4.39 Å². The Morgan fingerprint density at radius 2 is 1.94 bits per heavy atom. The lowest BCUT2D eigenvalue weighted by Crippen LogP contribution is -2.56. The van der Waals surface area contributed by atoms with Crippen molar-refractivity contribution in [2.45, 2.75) is 25.8 Å². The molecule has 6 nitrogen and oxygen atoms in total. The summed E-state index contributed by atoms with van der Waals surface area (Å²) in [6.45, 7) is 5.64. The highest BCUT2D eigenvalue weighted by molar-refractivity contribution is 6.04. The zero-order valence-corrected chi connectivity index (χ0v) is 19.4. The first-order chi connectivity index (χ1) is 15.9. The molecule has 170 valence electrons. The van der Waals surface area contributed by atoms with Crippen LogP contribution in [0.25, 0.3) is 11.8 Å². The van der Waals surface area contributed by atoms with E-state index in [1.807, 2.05) is 29.8 Å². The molecular formula is C26H28FN5O. The molecule has 0 saturated carbocycles. The second-order valence-corrected chi connectivity index (χ2v) is 8.89. The van der Waals surface area contributed by atoms with Crippen LogP contribution in [-0.2, 0) is 5.54 Å². The van der Waals surface area contributed by atoms with Crippen LogP contribution in [0.15, 0.2) is 65.6 Å². The Balaban J connectivity index is 1.48. The van der Waals surface area contributed by atoms with Gasteiger partial charge in [0.1, 0.15) is 17.4 Å².